The molecule has 19 heavy (non-hydrogen) atoms. The van der Waals surface area contributed by atoms with Crippen molar-refractivity contribution in [3.8, 4) is 0 Å². The Morgan fingerprint density at radius 2 is 1.89 bits per heavy atom. The summed E-state index contributed by atoms with van der Waals surface area (Å²) in [6.07, 6.45) is 4.53. The summed E-state index contributed by atoms with van der Waals surface area (Å²) in [5.74, 6) is -0.505. The summed E-state index contributed by atoms with van der Waals surface area (Å²) in [6.45, 7) is 8.67. The minimum Gasteiger partial charge on any atom is -0.455 e. The molecule has 0 aromatic rings. The van der Waals surface area contributed by atoms with Gasteiger partial charge in [-0.1, -0.05) is 17.2 Å². The van der Waals surface area contributed by atoms with Gasteiger partial charge >= 0.3 is 5.97 Å². The Bertz CT molecular complexity index is 381. The molecule has 0 aromatic carbocycles. The summed E-state index contributed by atoms with van der Waals surface area (Å²) in [7, 11) is 0. The summed E-state index contributed by atoms with van der Waals surface area (Å²) >= 11 is 0. The van der Waals surface area contributed by atoms with Crippen LogP contribution in [0.5, 0.6) is 0 Å². The topological polar surface area (TPSA) is 69.4 Å². The van der Waals surface area contributed by atoms with Crippen LogP contribution in [0.15, 0.2) is 23.3 Å². The van der Waals surface area contributed by atoms with Crippen LogP contribution in [-0.4, -0.2) is 23.0 Å². The number of esters is 1. The Morgan fingerprint density at radius 1 is 1.32 bits per heavy atom. The lowest BCUT2D eigenvalue weighted by Gasteiger charge is -2.14. The molecule has 108 valence electrons. The summed E-state index contributed by atoms with van der Waals surface area (Å²) in [5, 5.41) is 11.0. The van der Waals surface area contributed by atoms with Crippen molar-refractivity contribution in [2.45, 2.75) is 59.6 Å². The zero-order valence-electron chi connectivity index (χ0n) is 12.3. The fraction of sp³-hybridized carbons (Fsp3) is 0.643. The van der Waals surface area contributed by atoms with Crippen molar-refractivity contribution in [1.29, 1.82) is 0 Å². The van der Waals surface area contributed by atoms with E-state index in [0.29, 0.717) is 0 Å². The van der Waals surface area contributed by atoms with E-state index < -0.39 is 23.0 Å². The molecule has 0 N–H and O–H groups in total. The fourth-order valence-corrected chi connectivity index (χ4v) is 1.66. The van der Waals surface area contributed by atoms with Gasteiger partial charge in [-0.15, -0.1) is 0 Å². The van der Waals surface area contributed by atoms with Gasteiger partial charge in [-0.3, -0.25) is 14.9 Å². The maximum absolute atomic E-state index is 11.0. The van der Waals surface area contributed by atoms with Crippen molar-refractivity contribution in [1.82, 2.24) is 0 Å². The smallest absolute Gasteiger partial charge is 0.303 e. The molecule has 2 atom stereocenters. The first-order valence-electron chi connectivity index (χ1n) is 6.35. The molecule has 0 aliphatic heterocycles. The second-order valence-electron chi connectivity index (χ2n) is 4.92. The van der Waals surface area contributed by atoms with Crippen molar-refractivity contribution in [3.63, 3.8) is 0 Å². The van der Waals surface area contributed by atoms with Crippen LogP contribution in [0.2, 0.25) is 0 Å². The standard InChI is InChI=1S/C14H23NO4/c1-10(2)7-6-8-11(3)9-14(15(17)18)12(4)19-13(5)16/h7,9,12,14H,6,8H2,1-5H3/b11-9+. The van der Waals surface area contributed by atoms with Crippen LogP contribution in [0.3, 0.4) is 0 Å². The zero-order valence-corrected chi connectivity index (χ0v) is 12.3. The summed E-state index contributed by atoms with van der Waals surface area (Å²) in [5.41, 5.74) is 2.16. The van der Waals surface area contributed by atoms with E-state index in [1.54, 1.807) is 6.08 Å². The third-order valence-electron chi connectivity index (χ3n) is 2.62. The van der Waals surface area contributed by atoms with Crippen molar-refractivity contribution in [2.75, 3.05) is 0 Å². The first-order chi connectivity index (χ1) is 8.73. The number of carbonyl (C=O) groups is 1. The highest BCUT2D eigenvalue weighted by molar-refractivity contribution is 5.66. The molecule has 0 aliphatic rings. The van der Waals surface area contributed by atoms with Crippen LogP contribution in [0, 0.1) is 10.1 Å². The van der Waals surface area contributed by atoms with E-state index in [1.165, 1.54) is 19.4 Å². The van der Waals surface area contributed by atoms with Crippen LogP contribution in [0.1, 0.15) is 47.5 Å². The normalized spacial score (nSPS) is 14.5. The molecule has 0 spiro atoms. The van der Waals surface area contributed by atoms with Gasteiger partial charge in [-0.05, 0) is 46.6 Å². The van der Waals surface area contributed by atoms with Gasteiger partial charge in [-0.25, -0.2) is 0 Å². The van der Waals surface area contributed by atoms with E-state index in [9.17, 15) is 14.9 Å². The van der Waals surface area contributed by atoms with E-state index in [2.05, 4.69) is 6.08 Å². The molecular weight excluding hydrogens is 246 g/mol. The maximum Gasteiger partial charge on any atom is 0.303 e. The SMILES string of the molecule is CC(=O)OC(C)C(/C=C(\C)CCC=C(C)C)[N+](=O)[O-]. The van der Waals surface area contributed by atoms with E-state index in [0.717, 1.165) is 18.4 Å². The molecule has 0 heterocycles. The molecule has 0 aromatic heterocycles. The number of hydrogen-bond donors (Lipinski definition) is 0. The Hall–Kier alpha value is -1.65. The lowest BCUT2D eigenvalue weighted by atomic mass is 10.1. The molecule has 5 nitrogen and oxygen atoms in total. The number of nitrogens with zero attached hydrogens (tertiary/aromatic N) is 1. The molecule has 0 amide bonds. The van der Waals surface area contributed by atoms with E-state index >= 15 is 0 Å². The first-order valence-corrected chi connectivity index (χ1v) is 6.35. The highest BCUT2D eigenvalue weighted by Crippen LogP contribution is 2.12. The second kappa shape index (κ2) is 8.45. The van der Waals surface area contributed by atoms with Crippen molar-refractivity contribution < 1.29 is 14.5 Å². The van der Waals surface area contributed by atoms with Crippen LogP contribution >= 0.6 is 0 Å². The average Bonchev–Trinajstić information content (AvgIpc) is 2.23. The lowest BCUT2D eigenvalue weighted by Crippen LogP contribution is -2.33. The third-order valence-corrected chi connectivity index (χ3v) is 2.62. The number of nitro groups is 1. The van der Waals surface area contributed by atoms with Crippen molar-refractivity contribution >= 4 is 5.97 Å². The van der Waals surface area contributed by atoms with Gasteiger partial charge < -0.3 is 4.74 Å². The van der Waals surface area contributed by atoms with Gasteiger partial charge in [0.25, 0.3) is 6.04 Å². The highest BCUT2D eigenvalue weighted by atomic mass is 16.6. The van der Waals surface area contributed by atoms with Gasteiger partial charge in [0, 0.05) is 11.8 Å². The zero-order chi connectivity index (χ0) is 15.0. The van der Waals surface area contributed by atoms with Gasteiger partial charge in [0.05, 0.1) is 0 Å². The highest BCUT2D eigenvalue weighted by Gasteiger charge is 2.28. The number of rotatable bonds is 7. The fourth-order valence-electron chi connectivity index (χ4n) is 1.66. The van der Waals surface area contributed by atoms with Crippen LogP contribution in [0.4, 0.5) is 0 Å². The van der Waals surface area contributed by atoms with Gasteiger partial charge in [-0.2, -0.15) is 0 Å². The third kappa shape index (κ3) is 8.13. The predicted molar refractivity (Wildman–Crippen MR) is 74.4 cm³/mol. The number of allylic oxidation sites excluding steroid dienone is 3. The molecule has 0 rings (SSSR count). The maximum atomic E-state index is 11.0. The summed E-state index contributed by atoms with van der Waals surface area (Å²) in [6, 6.07) is -0.990. The van der Waals surface area contributed by atoms with E-state index in [1.807, 2.05) is 20.8 Å². The summed E-state index contributed by atoms with van der Waals surface area (Å²) in [4.78, 5) is 21.4. The molecule has 5 heteroatoms. The Balaban J connectivity index is 4.67. The van der Waals surface area contributed by atoms with E-state index in [-0.39, 0.29) is 0 Å². The molecule has 2 unspecified atom stereocenters. The quantitative estimate of drug-likeness (QED) is 0.308. The second-order valence-corrected chi connectivity index (χ2v) is 4.92. The van der Waals surface area contributed by atoms with Crippen LogP contribution in [-0.2, 0) is 9.53 Å². The minimum atomic E-state index is -0.990. The Morgan fingerprint density at radius 3 is 2.32 bits per heavy atom. The average molecular weight is 269 g/mol. The lowest BCUT2D eigenvalue weighted by molar-refractivity contribution is -0.519. The van der Waals surface area contributed by atoms with Crippen LogP contribution < -0.4 is 0 Å². The Kier molecular flexibility index (Phi) is 7.72. The van der Waals surface area contributed by atoms with Gasteiger partial charge in [0.2, 0.25) is 0 Å². The number of carbonyl (C=O) groups excluding carboxylic acids is 1. The number of hydrogen-bond acceptors (Lipinski definition) is 4. The first kappa shape index (κ1) is 17.4. The molecule has 0 bridgehead atoms. The monoisotopic (exact) mass is 269 g/mol. The Labute approximate surface area is 114 Å². The molecule has 0 fully saturated rings. The molecule has 0 radical (unpaired) electrons. The minimum absolute atomic E-state index is 0.419. The van der Waals surface area contributed by atoms with Crippen LogP contribution in [0.25, 0.3) is 0 Å². The molecule has 0 saturated carbocycles. The van der Waals surface area contributed by atoms with Gasteiger partial charge in [0.1, 0.15) is 0 Å². The number of ether oxygens (including phenoxy) is 1. The predicted octanol–water partition coefficient (Wildman–Crippen LogP) is 3.28. The van der Waals surface area contributed by atoms with Crippen molar-refractivity contribution in [2.24, 2.45) is 0 Å². The molecular formula is C14H23NO4. The largest absolute Gasteiger partial charge is 0.455 e. The molecule has 0 aliphatic carbocycles. The summed E-state index contributed by atoms with van der Waals surface area (Å²) < 4.78 is 4.88. The van der Waals surface area contributed by atoms with E-state index in [4.69, 9.17) is 4.74 Å². The van der Waals surface area contributed by atoms with Gasteiger partial charge in [0.15, 0.2) is 6.10 Å². The molecule has 0 saturated heterocycles. The van der Waals surface area contributed by atoms with Crippen molar-refractivity contribution in [3.05, 3.63) is 33.4 Å².